The largest absolute Gasteiger partial charge is 0.490 e. The van der Waals surface area contributed by atoms with Crippen molar-refractivity contribution in [1.82, 2.24) is 25.5 Å². The van der Waals surface area contributed by atoms with E-state index in [2.05, 4.69) is 20.8 Å². The predicted molar refractivity (Wildman–Crippen MR) is 145 cm³/mol. The summed E-state index contributed by atoms with van der Waals surface area (Å²) < 4.78 is 13.8. The fourth-order valence-electron chi connectivity index (χ4n) is 3.51. The van der Waals surface area contributed by atoms with Crippen molar-refractivity contribution in [2.75, 3.05) is 18.9 Å². The van der Waals surface area contributed by atoms with Gasteiger partial charge in [-0.1, -0.05) is 71.4 Å². The van der Waals surface area contributed by atoms with Crippen molar-refractivity contribution in [2.24, 2.45) is 0 Å². The van der Waals surface area contributed by atoms with Gasteiger partial charge in [0.25, 0.3) is 0 Å². The topological polar surface area (TPSA) is 74.1 Å². The highest BCUT2D eigenvalue weighted by Crippen LogP contribution is 2.33. The van der Waals surface area contributed by atoms with Crippen molar-refractivity contribution in [3.63, 3.8) is 0 Å². The minimum atomic E-state index is 0.319. The molecule has 4 aromatic rings. The van der Waals surface area contributed by atoms with Crippen LogP contribution in [0.15, 0.2) is 71.9 Å². The molecular weight excluding hydrogens is 517 g/mol. The van der Waals surface area contributed by atoms with Crippen LogP contribution in [0, 0.1) is 0 Å². The molecule has 1 heterocycles. The highest BCUT2D eigenvalue weighted by Gasteiger charge is 2.13. The number of nitrogens with zero attached hydrogens (tertiary/aromatic N) is 4. The zero-order valence-electron chi connectivity index (χ0n) is 19.9. The zero-order chi connectivity index (χ0) is 25.2. The van der Waals surface area contributed by atoms with Gasteiger partial charge >= 0.3 is 0 Å². The van der Waals surface area contributed by atoms with E-state index in [9.17, 15) is 0 Å². The zero-order valence-corrected chi connectivity index (χ0v) is 22.2. The molecule has 0 saturated heterocycles. The third-order valence-electron chi connectivity index (χ3n) is 5.23. The third-order valence-corrected chi connectivity index (χ3v) is 6.83. The molecular formula is C26H27Cl2N5O2S. The van der Waals surface area contributed by atoms with E-state index < -0.39 is 0 Å². The Kier molecular flexibility index (Phi) is 9.86. The molecule has 0 bridgehead atoms. The quantitative estimate of drug-likeness (QED) is 0.158. The van der Waals surface area contributed by atoms with E-state index in [0.717, 1.165) is 40.7 Å². The van der Waals surface area contributed by atoms with Crippen LogP contribution < -0.4 is 14.8 Å². The molecule has 3 aromatic carbocycles. The number of tetrazole rings is 1. The molecule has 1 aromatic heterocycles. The summed E-state index contributed by atoms with van der Waals surface area (Å²) in [4.78, 5) is 0. The molecule has 0 unspecified atom stereocenters. The van der Waals surface area contributed by atoms with Crippen LogP contribution >= 0.6 is 35.0 Å². The van der Waals surface area contributed by atoms with E-state index in [1.807, 2.05) is 61.5 Å². The lowest BCUT2D eigenvalue weighted by atomic mass is 10.1. The lowest BCUT2D eigenvalue weighted by Gasteiger charge is -2.17. The summed E-state index contributed by atoms with van der Waals surface area (Å²) in [6.07, 6.45) is 0.952. The van der Waals surface area contributed by atoms with Crippen LogP contribution in [-0.2, 0) is 13.2 Å². The van der Waals surface area contributed by atoms with Gasteiger partial charge in [-0.05, 0) is 60.6 Å². The van der Waals surface area contributed by atoms with Gasteiger partial charge in [0.2, 0.25) is 5.16 Å². The number of hydrogen-bond acceptors (Lipinski definition) is 7. The van der Waals surface area contributed by atoms with Gasteiger partial charge in [-0.15, -0.1) is 5.10 Å². The van der Waals surface area contributed by atoms with E-state index in [0.29, 0.717) is 41.3 Å². The van der Waals surface area contributed by atoms with Crippen molar-refractivity contribution in [2.45, 2.75) is 31.7 Å². The average Bonchev–Trinajstić information content (AvgIpc) is 3.36. The van der Waals surface area contributed by atoms with Gasteiger partial charge in [0, 0.05) is 33.5 Å². The number of ether oxygens (including phenoxy) is 2. The maximum Gasteiger partial charge on any atom is 0.214 e. The molecule has 0 aliphatic carbocycles. The van der Waals surface area contributed by atoms with E-state index in [1.54, 1.807) is 28.6 Å². The Hall–Kier alpha value is -2.78. The number of benzene rings is 3. The first-order valence-electron chi connectivity index (χ1n) is 11.6. The molecule has 7 nitrogen and oxygen atoms in total. The predicted octanol–water partition coefficient (Wildman–Crippen LogP) is 6.22. The minimum Gasteiger partial charge on any atom is -0.490 e. The number of aromatic nitrogens is 4. The van der Waals surface area contributed by atoms with E-state index in [-0.39, 0.29) is 0 Å². The van der Waals surface area contributed by atoms with Gasteiger partial charge in [0.05, 0.1) is 12.3 Å². The Balaban J connectivity index is 1.30. The second-order valence-corrected chi connectivity index (χ2v) is 9.70. The molecule has 0 amide bonds. The number of hydrogen-bond donors (Lipinski definition) is 1. The first-order chi connectivity index (χ1) is 17.7. The maximum atomic E-state index is 6.33. The van der Waals surface area contributed by atoms with Crippen molar-refractivity contribution >= 4 is 35.0 Å². The molecule has 10 heteroatoms. The fraction of sp³-hybridized carbons (Fsp3) is 0.269. The minimum absolute atomic E-state index is 0.319. The first kappa shape index (κ1) is 26.3. The Bertz CT molecular complexity index is 1260. The Labute approximate surface area is 225 Å². The standard InChI is InChI=1S/C26H27Cl2N5O2S/c1-2-34-24-11-6-8-19(25(24)35-18-20-12-13-21(27)16-23(20)28)17-29-14-7-15-36-26-30-31-32-33(26)22-9-4-3-5-10-22/h3-6,8-13,16,29H,2,7,14-15,17-18H2,1H3. The molecule has 0 spiro atoms. The Morgan fingerprint density at radius 1 is 0.972 bits per heavy atom. The summed E-state index contributed by atoms with van der Waals surface area (Å²) in [5.74, 6) is 2.32. The smallest absolute Gasteiger partial charge is 0.214 e. The third kappa shape index (κ3) is 7.13. The van der Waals surface area contributed by atoms with Crippen LogP contribution in [0.1, 0.15) is 24.5 Å². The Morgan fingerprint density at radius 3 is 2.64 bits per heavy atom. The SMILES string of the molecule is CCOc1cccc(CNCCCSc2nnnn2-c2ccccc2)c1OCc1ccc(Cl)cc1Cl. The number of thioether (sulfide) groups is 1. The number of nitrogens with one attached hydrogen (secondary N) is 1. The molecule has 0 aliphatic rings. The van der Waals surface area contributed by atoms with Gasteiger partial charge in [-0.25, -0.2) is 0 Å². The Morgan fingerprint density at radius 2 is 1.83 bits per heavy atom. The van der Waals surface area contributed by atoms with Gasteiger partial charge in [0.1, 0.15) is 6.61 Å². The molecule has 4 rings (SSSR count). The monoisotopic (exact) mass is 543 g/mol. The van der Waals surface area contributed by atoms with Crippen LogP contribution in [0.4, 0.5) is 0 Å². The summed E-state index contributed by atoms with van der Waals surface area (Å²) in [6, 6.07) is 21.2. The number of rotatable bonds is 13. The molecule has 0 atom stereocenters. The van der Waals surface area contributed by atoms with E-state index in [1.165, 1.54) is 0 Å². The van der Waals surface area contributed by atoms with Crippen LogP contribution in [0.2, 0.25) is 10.0 Å². The molecule has 0 fully saturated rings. The highest BCUT2D eigenvalue weighted by atomic mass is 35.5. The average molecular weight is 545 g/mol. The second kappa shape index (κ2) is 13.5. The molecule has 36 heavy (non-hydrogen) atoms. The molecule has 188 valence electrons. The summed E-state index contributed by atoms with van der Waals surface area (Å²) in [6.45, 7) is 4.31. The van der Waals surface area contributed by atoms with Crippen molar-refractivity contribution in [1.29, 1.82) is 0 Å². The van der Waals surface area contributed by atoms with Crippen molar-refractivity contribution in [3.05, 3.63) is 87.9 Å². The summed E-state index contributed by atoms with van der Waals surface area (Å²) in [7, 11) is 0. The lowest BCUT2D eigenvalue weighted by molar-refractivity contribution is 0.266. The number of para-hydroxylation sites is 2. The molecule has 0 aliphatic heterocycles. The van der Waals surface area contributed by atoms with Gasteiger partial charge in [-0.2, -0.15) is 4.68 Å². The first-order valence-corrected chi connectivity index (χ1v) is 13.4. The second-order valence-electron chi connectivity index (χ2n) is 7.79. The van der Waals surface area contributed by atoms with Gasteiger partial charge < -0.3 is 14.8 Å². The highest BCUT2D eigenvalue weighted by molar-refractivity contribution is 7.99. The normalized spacial score (nSPS) is 11.0. The van der Waals surface area contributed by atoms with Gasteiger partial charge in [0.15, 0.2) is 11.5 Å². The van der Waals surface area contributed by atoms with Crippen LogP contribution in [0.5, 0.6) is 11.5 Å². The van der Waals surface area contributed by atoms with E-state index >= 15 is 0 Å². The van der Waals surface area contributed by atoms with Crippen molar-refractivity contribution < 1.29 is 9.47 Å². The van der Waals surface area contributed by atoms with E-state index in [4.69, 9.17) is 32.7 Å². The summed E-state index contributed by atoms with van der Waals surface area (Å²) >= 11 is 14.0. The number of halogens is 2. The summed E-state index contributed by atoms with van der Waals surface area (Å²) in [5.41, 5.74) is 2.83. The van der Waals surface area contributed by atoms with Gasteiger partial charge in [-0.3, -0.25) is 0 Å². The van der Waals surface area contributed by atoms with Crippen molar-refractivity contribution in [3.8, 4) is 17.2 Å². The molecule has 0 saturated carbocycles. The molecule has 0 radical (unpaired) electrons. The van der Waals surface area contributed by atoms with Crippen LogP contribution in [0.25, 0.3) is 5.69 Å². The summed E-state index contributed by atoms with van der Waals surface area (Å²) in [5, 5.41) is 17.5. The fourth-order valence-corrected chi connectivity index (χ4v) is 4.80. The maximum absolute atomic E-state index is 6.33. The lowest BCUT2D eigenvalue weighted by Crippen LogP contribution is -2.16. The molecule has 1 N–H and O–H groups in total. The van der Waals surface area contributed by atoms with Crippen LogP contribution in [-0.4, -0.2) is 39.1 Å². The van der Waals surface area contributed by atoms with Crippen LogP contribution in [0.3, 0.4) is 0 Å².